The number of hydrogen-bond donors (Lipinski definition) is 2. The van der Waals surface area contributed by atoms with Crippen LogP contribution in [0.5, 0.6) is 0 Å². The van der Waals surface area contributed by atoms with Gasteiger partial charge >= 0.3 is 0 Å². The molecule has 4 unspecified atom stereocenters. The summed E-state index contributed by atoms with van der Waals surface area (Å²) in [7, 11) is 1.59. The van der Waals surface area contributed by atoms with Crippen LogP contribution in [0.25, 0.3) is 0 Å². The van der Waals surface area contributed by atoms with Crippen LogP contribution in [0.1, 0.15) is 12.0 Å². The lowest BCUT2D eigenvalue weighted by Crippen LogP contribution is -2.43. The summed E-state index contributed by atoms with van der Waals surface area (Å²) in [6, 6.07) is 6.50. The van der Waals surface area contributed by atoms with Crippen molar-refractivity contribution in [3.05, 3.63) is 52.1 Å². The summed E-state index contributed by atoms with van der Waals surface area (Å²) in [4.78, 5) is 41.5. The number of benzene rings is 1. The van der Waals surface area contributed by atoms with Crippen molar-refractivity contribution in [1.82, 2.24) is 15.5 Å². The van der Waals surface area contributed by atoms with E-state index < -0.39 is 4.92 Å². The Morgan fingerprint density at radius 1 is 1.17 bits per heavy atom. The Hall–Kier alpha value is -3.23. The fourth-order valence-electron chi connectivity index (χ4n) is 4.71. The number of hydrogen-bond acceptors (Lipinski definition) is 5. The first-order valence-electron chi connectivity index (χ1n) is 9.71. The first-order valence-corrected chi connectivity index (χ1v) is 9.71. The fourth-order valence-corrected chi connectivity index (χ4v) is 4.71. The summed E-state index contributed by atoms with van der Waals surface area (Å²) in [5.74, 6) is 0.348. The van der Waals surface area contributed by atoms with E-state index in [-0.39, 0.29) is 54.3 Å². The monoisotopic (exact) mass is 397 g/mol. The molecule has 1 saturated carbocycles. The van der Waals surface area contributed by atoms with Gasteiger partial charge in [0.25, 0.3) is 5.69 Å². The Labute approximate surface area is 168 Å². The number of imide groups is 1. The van der Waals surface area contributed by atoms with E-state index in [0.717, 1.165) is 6.42 Å². The first kappa shape index (κ1) is 19.1. The molecule has 1 aliphatic heterocycles. The van der Waals surface area contributed by atoms with Gasteiger partial charge in [-0.05, 0) is 18.3 Å². The van der Waals surface area contributed by atoms with Crippen LogP contribution in [0.3, 0.4) is 0 Å². The molecule has 1 aromatic carbocycles. The van der Waals surface area contributed by atoms with Crippen molar-refractivity contribution in [2.75, 3.05) is 20.1 Å². The summed E-state index contributed by atoms with van der Waals surface area (Å²) in [5, 5.41) is 17.2. The minimum absolute atomic E-state index is 0.0403. The van der Waals surface area contributed by atoms with E-state index in [1.54, 1.807) is 25.2 Å². The number of para-hydroxylation sites is 1. The highest BCUT2D eigenvalue weighted by Gasteiger charge is 2.58. The number of rotatable bonds is 6. The van der Waals surface area contributed by atoms with Crippen LogP contribution in [-0.2, 0) is 16.1 Å². The number of likely N-dealkylation sites (tertiary alicyclic amines) is 1. The zero-order valence-corrected chi connectivity index (χ0v) is 16.1. The predicted molar refractivity (Wildman–Crippen MR) is 106 cm³/mol. The number of nitro benzene ring substituents is 1. The number of guanidine groups is 1. The molecule has 4 atom stereocenters. The number of fused-ring (bicyclic) bond motifs is 5. The number of nitrogens with zero attached hydrogens (tertiary/aromatic N) is 3. The summed E-state index contributed by atoms with van der Waals surface area (Å²) in [6.07, 6.45) is 5.07. The Kier molecular flexibility index (Phi) is 5.04. The number of amides is 2. The van der Waals surface area contributed by atoms with E-state index in [4.69, 9.17) is 0 Å². The Balaban J connectivity index is 1.30. The van der Waals surface area contributed by atoms with Crippen LogP contribution < -0.4 is 10.6 Å². The molecular weight excluding hydrogens is 374 g/mol. The maximum Gasteiger partial charge on any atom is 0.274 e. The molecule has 2 amide bonds. The molecule has 2 fully saturated rings. The molecule has 152 valence electrons. The summed E-state index contributed by atoms with van der Waals surface area (Å²) in [5.41, 5.74) is 0.583. The topological polar surface area (TPSA) is 117 Å². The van der Waals surface area contributed by atoms with E-state index in [1.807, 2.05) is 0 Å². The average Bonchev–Trinajstić information content (AvgIpc) is 3.40. The predicted octanol–water partition coefficient (Wildman–Crippen LogP) is 1.07. The lowest BCUT2D eigenvalue weighted by molar-refractivity contribution is -0.385. The summed E-state index contributed by atoms with van der Waals surface area (Å²) < 4.78 is 0. The van der Waals surface area contributed by atoms with Crippen LogP contribution in [0, 0.1) is 33.8 Å². The Bertz CT molecular complexity index is 882. The molecule has 29 heavy (non-hydrogen) atoms. The lowest BCUT2D eigenvalue weighted by Gasteiger charge is -2.18. The highest BCUT2D eigenvalue weighted by atomic mass is 16.6. The molecule has 9 nitrogen and oxygen atoms in total. The second kappa shape index (κ2) is 7.65. The normalized spacial score (nSPS) is 27.5. The van der Waals surface area contributed by atoms with Gasteiger partial charge in [-0.1, -0.05) is 30.4 Å². The van der Waals surface area contributed by atoms with Gasteiger partial charge in [-0.15, -0.1) is 0 Å². The molecular formula is C20H23N5O4. The molecule has 0 spiro atoms. The Morgan fingerprint density at radius 3 is 2.45 bits per heavy atom. The fraction of sp³-hybridized carbons (Fsp3) is 0.450. The molecule has 2 N–H and O–H groups in total. The minimum Gasteiger partial charge on any atom is -0.355 e. The second-order valence-electron chi connectivity index (χ2n) is 7.57. The molecule has 0 radical (unpaired) electrons. The van der Waals surface area contributed by atoms with Crippen LogP contribution in [0.4, 0.5) is 5.69 Å². The number of carbonyl (C=O) groups is 2. The highest BCUT2D eigenvalue weighted by molar-refractivity contribution is 6.06. The third-order valence-corrected chi connectivity index (χ3v) is 6.05. The van der Waals surface area contributed by atoms with E-state index in [2.05, 4.69) is 27.8 Å². The first-order chi connectivity index (χ1) is 14.0. The zero-order chi connectivity index (χ0) is 20.5. The van der Waals surface area contributed by atoms with E-state index in [9.17, 15) is 19.7 Å². The van der Waals surface area contributed by atoms with Crippen LogP contribution in [0.15, 0.2) is 41.4 Å². The van der Waals surface area contributed by atoms with Gasteiger partial charge in [-0.3, -0.25) is 29.6 Å². The SMILES string of the molecule is CN=C(NCCN1C(=O)C2C3C=CC(C3)C2C1=O)NCc1ccccc1[N+](=O)[O-]. The number of allylic oxidation sites excluding steroid dienone is 2. The molecule has 2 aliphatic carbocycles. The highest BCUT2D eigenvalue weighted by Crippen LogP contribution is 2.52. The maximum atomic E-state index is 12.7. The van der Waals surface area contributed by atoms with E-state index in [1.165, 1.54) is 11.0 Å². The van der Waals surface area contributed by atoms with Crippen LogP contribution in [0.2, 0.25) is 0 Å². The van der Waals surface area contributed by atoms with Crippen molar-refractivity contribution < 1.29 is 14.5 Å². The molecule has 1 aromatic rings. The summed E-state index contributed by atoms with van der Waals surface area (Å²) >= 11 is 0. The molecule has 3 aliphatic rings. The average molecular weight is 397 g/mol. The standard InChI is InChI=1S/C20H23N5O4/c1-21-20(23-11-14-4-2-3-5-15(14)25(28)29)22-8-9-24-18(26)16-12-6-7-13(10-12)17(16)19(24)27/h2-7,12-13,16-17H,8-11H2,1H3,(H2,21,22,23). The van der Waals surface area contributed by atoms with Crippen LogP contribution in [-0.4, -0.2) is 47.7 Å². The molecule has 1 saturated heterocycles. The molecule has 9 heteroatoms. The van der Waals surface area contributed by atoms with Crippen molar-refractivity contribution in [1.29, 1.82) is 0 Å². The molecule has 2 bridgehead atoms. The second-order valence-corrected chi connectivity index (χ2v) is 7.57. The number of nitro groups is 1. The number of carbonyl (C=O) groups excluding carboxylic acids is 2. The molecule has 4 rings (SSSR count). The van der Waals surface area contributed by atoms with Gasteiger partial charge in [0.15, 0.2) is 5.96 Å². The van der Waals surface area contributed by atoms with Gasteiger partial charge in [0.2, 0.25) is 11.8 Å². The van der Waals surface area contributed by atoms with Gasteiger partial charge in [0.1, 0.15) is 0 Å². The van der Waals surface area contributed by atoms with Crippen molar-refractivity contribution >= 4 is 23.5 Å². The van der Waals surface area contributed by atoms with Crippen molar-refractivity contribution in [3.63, 3.8) is 0 Å². The number of aliphatic imine (C=N–C) groups is 1. The van der Waals surface area contributed by atoms with Gasteiger partial charge in [-0.2, -0.15) is 0 Å². The smallest absolute Gasteiger partial charge is 0.274 e. The van der Waals surface area contributed by atoms with Gasteiger partial charge in [0.05, 0.1) is 16.8 Å². The van der Waals surface area contributed by atoms with E-state index in [0.29, 0.717) is 18.1 Å². The van der Waals surface area contributed by atoms with Gasteiger partial charge in [0, 0.05) is 38.3 Å². The summed E-state index contributed by atoms with van der Waals surface area (Å²) in [6.45, 7) is 0.865. The zero-order valence-electron chi connectivity index (χ0n) is 16.1. The van der Waals surface area contributed by atoms with Crippen LogP contribution >= 0.6 is 0 Å². The largest absolute Gasteiger partial charge is 0.355 e. The van der Waals surface area contributed by atoms with Crippen molar-refractivity contribution in [2.24, 2.45) is 28.7 Å². The van der Waals surface area contributed by atoms with Crippen molar-refractivity contribution in [2.45, 2.75) is 13.0 Å². The van der Waals surface area contributed by atoms with Gasteiger partial charge in [-0.25, -0.2) is 0 Å². The van der Waals surface area contributed by atoms with E-state index >= 15 is 0 Å². The molecule has 1 heterocycles. The number of nitrogens with one attached hydrogen (secondary N) is 2. The molecule has 0 aromatic heterocycles. The lowest BCUT2D eigenvalue weighted by atomic mass is 9.85. The third kappa shape index (κ3) is 3.37. The van der Waals surface area contributed by atoms with Gasteiger partial charge < -0.3 is 10.6 Å². The maximum absolute atomic E-state index is 12.7. The quantitative estimate of drug-likeness (QED) is 0.185. The third-order valence-electron chi connectivity index (χ3n) is 6.05. The van der Waals surface area contributed by atoms with Crippen molar-refractivity contribution in [3.8, 4) is 0 Å². The minimum atomic E-state index is -0.420. The Morgan fingerprint density at radius 2 is 1.83 bits per heavy atom.